The number of hydrogen-bond donors (Lipinski definition) is 0. The average Bonchev–Trinajstić information content (AvgIpc) is 2.67. The van der Waals surface area contributed by atoms with Crippen molar-refractivity contribution in [2.45, 2.75) is 31.2 Å². The van der Waals surface area contributed by atoms with E-state index < -0.39 is 5.60 Å². The van der Waals surface area contributed by atoms with E-state index in [1.54, 1.807) is 0 Å². The van der Waals surface area contributed by atoms with Crippen LogP contribution in [0.15, 0.2) is 42.5 Å². The van der Waals surface area contributed by atoms with Gasteiger partial charge in [0.1, 0.15) is 11.4 Å². The smallest absolute Gasteiger partial charge is 0.139 e. The molecule has 2 aliphatic rings. The molecule has 2 aliphatic heterocycles. The van der Waals surface area contributed by atoms with Gasteiger partial charge in [0, 0.05) is 12.8 Å². The second kappa shape index (κ2) is 4.67. The molecule has 0 aromatic heterocycles. The highest BCUT2D eigenvalue weighted by Gasteiger charge is 2.42. The van der Waals surface area contributed by atoms with Crippen LogP contribution in [0, 0.1) is 0 Å². The van der Waals surface area contributed by atoms with Gasteiger partial charge >= 0.3 is 0 Å². The molecule has 3 rings (SSSR count). The Morgan fingerprint density at radius 3 is 3.00 bits per heavy atom. The van der Waals surface area contributed by atoms with Crippen LogP contribution in [-0.4, -0.2) is 24.1 Å². The molecule has 0 unspecified atom stereocenters. The summed E-state index contributed by atoms with van der Waals surface area (Å²) < 4.78 is 11.5. The summed E-state index contributed by atoms with van der Waals surface area (Å²) in [5, 5.41) is 0. The molecule has 2 heterocycles. The normalized spacial score (nSPS) is 29.8. The predicted octanol–water partition coefficient (Wildman–Crippen LogP) is 2.26. The van der Waals surface area contributed by atoms with Crippen molar-refractivity contribution in [2.75, 3.05) is 6.61 Å². The Hall–Kier alpha value is -1.45. The van der Waals surface area contributed by atoms with Crippen LogP contribution in [0.5, 0.6) is 0 Å². The van der Waals surface area contributed by atoms with E-state index >= 15 is 0 Å². The molecule has 1 fully saturated rings. The summed E-state index contributed by atoms with van der Waals surface area (Å²) in [6, 6.07) is 10.0. The lowest BCUT2D eigenvalue weighted by atomic mass is 9.96. The molecule has 0 N–H and O–H groups in total. The third-order valence-electron chi connectivity index (χ3n) is 3.38. The fraction of sp³-hybridized carbons (Fsp3) is 0.400. The minimum absolute atomic E-state index is 0.0356. The maximum Gasteiger partial charge on any atom is 0.139 e. The van der Waals surface area contributed by atoms with Gasteiger partial charge in [-0.1, -0.05) is 42.5 Å². The third kappa shape index (κ3) is 2.37. The van der Waals surface area contributed by atoms with Crippen LogP contribution in [0.3, 0.4) is 0 Å². The van der Waals surface area contributed by atoms with Gasteiger partial charge in [-0.15, -0.1) is 0 Å². The first-order chi connectivity index (χ1) is 8.76. The Morgan fingerprint density at radius 2 is 2.17 bits per heavy atom. The zero-order chi connectivity index (χ0) is 12.4. The van der Waals surface area contributed by atoms with Crippen LogP contribution >= 0.6 is 0 Å². The molecule has 3 heteroatoms. The number of ether oxygens (including phenoxy) is 2. The summed E-state index contributed by atoms with van der Waals surface area (Å²) >= 11 is 0. The molecule has 0 aliphatic carbocycles. The van der Waals surface area contributed by atoms with Crippen LogP contribution in [0.25, 0.3) is 0 Å². The molecular weight excluding hydrogens is 228 g/mol. The van der Waals surface area contributed by atoms with Crippen molar-refractivity contribution < 1.29 is 14.3 Å². The van der Waals surface area contributed by atoms with Crippen LogP contribution < -0.4 is 0 Å². The van der Waals surface area contributed by atoms with Crippen LogP contribution in [-0.2, 0) is 20.9 Å². The summed E-state index contributed by atoms with van der Waals surface area (Å²) in [5.41, 5.74) is 0.629. The van der Waals surface area contributed by atoms with Gasteiger partial charge in [-0.05, 0) is 5.56 Å². The molecule has 1 aromatic rings. The zero-order valence-electron chi connectivity index (χ0n) is 10.2. The van der Waals surface area contributed by atoms with Gasteiger partial charge in [0.25, 0.3) is 0 Å². The number of carbonyl (C=O) groups excluding carboxylic acids is 1. The lowest BCUT2D eigenvalue weighted by Crippen LogP contribution is -2.41. The highest BCUT2D eigenvalue weighted by Crippen LogP contribution is 2.34. The molecular formula is C15H16O3. The molecule has 3 nitrogen and oxygen atoms in total. The molecule has 18 heavy (non-hydrogen) atoms. The monoisotopic (exact) mass is 244 g/mol. The Bertz CT molecular complexity index is 466. The lowest BCUT2D eigenvalue weighted by molar-refractivity contribution is -0.145. The Balaban J connectivity index is 1.57. The summed E-state index contributed by atoms with van der Waals surface area (Å²) in [6.07, 6.45) is 4.89. The molecule has 2 bridgehead atoms. The Morgan fingerprint density at radius 1 is 1.33 bits per heavy atom. The van der Waals surface area contributed by atoms with E-state index in [1.165, 1.54) is 0 Å². The number of hydrogen-bond acceptors (Lipinski definition) is 3. The van der Waals surface area contributed by atoms with Gasteiger partial charge in [-0.3, -0.25) is 4.79 Å². The van der Waals surface area contributed by atoms with Crippen molar-refractivity contribution in [3.63, 3.8) is 0 Å². The Kier molecular flexibility index (Phi) is 3.02. The highest BCUT2D eigenvalue weighted by molar-refractivity contribution is 5.82. The molecule has 0 saturated carbocycles. The first-order valence-corrected chi connectivity index (χ1v) is 6.26. The van der Waals surface area contributed by atoms with Gasteiger partial charge in [0.05, 0.1) is 19.3 Å². The van der Waals surface area contributed by atoms with E-state index in [4.69, 9.17) is 9.47 Å². The van der Waals surface area contributed by atoms with E-state index in [1.807, 2.05) is 42.5 Å². The SMILES string of the molecule is O=C1C[C@H]2C=C[C@@](COCc3ccccc3)(C1)O2. The maximum absolute atomic E-state index is 11.6. The molecule has 1 saturated heterocycles. The van der Waals surface area contributed by atoms with Gasteiger partial charge in [0.15, 0.2) is 0 Å². The average molecular weight is 244 g/mol. The van der Waals surface area contributed by atoms with E-state index in [9.17, 15) is 4.79 Å². The van der Waals surface area contributed by atoms with Crippen molar-refractivity contribution in [2.24, 2.45) is 0 Å². The summed E-state index contributed by atoms with van der Waals surface area (Å²) in [6.45, 7) is 0.999. The first-order valence-electron chi connectivity index (χ1n) is 6.26. The standard InChI is InChI=1S/C15H16O3/c16-13-8-14-6-7-15(9-13,18-14)11-17-10-12-4-2-1-3-5-12/h1-7,14H,8-11H2/t14-,15+/m1/s1. The van der Waals surface area contributed by atoms with Gasteiger partial charge in [-0.25, -0.2) is 0 Å². The molecule has 0 amide bonds. The highest BCUT2D eigenvalue weighted by atomic mass is 16.6. The van der Waals surface area contributed by atoms with Crippen molar-refractivity contribution in [1.29, 1.82) is 0 Å². The van der Waals surface area contributed by atoms with Crippen molar-refractivity contribution in [1.82, 2.24) is 0 Å². The number of benzene rings is 1. The summed E-state index contributed by atoms with van der Waals surface area (Å²) in [5.74, 6) is 0.263. The predicted molar refractivity (Wildman–Crippen MR) is 67.1 cm³/mol. The minimum atomic E-state index is -0.505. The van der Waals surface area contributed by atoms with E-state index in [0.717, 1.165) is 5.56 Å². The van der Waals surface area contributed by atoms with Gasteiger partial charge < -0.3 is 9.47 Å². The molecule has 0 spiro atoms. The van der Waals surface area contributed by atoms with Gasteiger partial charge in [-0.2, -0.15) is 0 Å². The summed E-state index contributed by atoms with van der Waals surface area (Å²) in [4.78, 5) is 11.6. The van der Waals surface area contributed by atoms with Crippen molar-refractivity contribution >= 4 is 5.78 Å². The largest absolute Gasteiger partial charge is 0.373 e. The zero-order valence-corrected chi connectivity index (χ0v) is 10.2. The van der Waals surface area contributed by atoms with Crippen molar-refractivity contribution in [3.05, 3.63) is 48.0 Å². The molecule has 1 aromatic carbocycles. The fourth-order valence-corrected chi connectivity index (χ4v) is 2.55. The first kappa shape index (κ1) is 11.6. The van der Waals surface area contributed by atoms with Crippen LogP contribution in [0.1, 0.15) is 18.4 Å². The third-order valence-corrected chi connectivity index (χ3v) is 3.38. The fourth-order valence-electron chi connectivity index (χ4n) is 2.55. The number of Topliss-reactive ketones (excluding diaryl/α,β-unsaturated/α-hetero) is 1. The van der Waals surface area contributed by atoms with E-state index in [-0.39, 0.29) is 11.9 Å². The lowest BCUT2D eigenvalue weighted by Gasteiger charge is -2.32. The number of carbonyl (C=O) groups is 1. The van der Waals surface area contributed by atoms with Crippen LogP contribution in [0.4, 0.5) is 0 Å². The van der Waals surface area contributed by atoms with Crippen molar-refractivity contribution in [3.8, 4) is 0 Å². The molecule has 94 valence electrons. The quantitative estimate of drug-likeness (QED) is 0.762. The molecule has 0 radical (unpaired) electrons. The maximum atomic E-state index is 11.6. The van der Waals surface area contributed by atoms with E-state index in [0.29, 0.717) is 26.1 Å². The topological polar surface area (TPSA) is 35.5 Å². The van der Waals surface area contributed by atoms with Gasteiger partial charge in [0.2, 0.25) is 0 Å². The number of fused-ring (bicyclic) bond motifs is 2. The Labute approximate surface area is 106 Å². The minimum Gasteiger partial charge on any atom is -0.373 e. The van der Waals surface area contributed by atoms with Crippen LogP contribution in [0.2, 0.25) is 0 Å². The number of rotatable bonds is 4. The second-order valence-corrected chi connectivity index (χ2v) is 4.98. The second-order valence-electron chi connectivity index (χ2n) is 4.98. The number of ketones is 1. The van der Waals surface area contributed by atoms with E-state index in [2.05, 4.69) is 0 Å². The summed E-state index contributed by atoms with van der Waals surface area (Å²) in [7, 11) is 0. The molecule has 2 atom stereocenters.